The van der Waals surface area contributed by atoms with Crippen LogP contribution in [0, 0.1) is 0 Å². The number of amides is 1. The van der Waals surface area contributed by atoms with Crippen LogP contribution in [0.1, 0.15) is 32.1 Å². The molecule has 1 saturated carbocycles. The first-order valence-electron chi connectivity index (χ1n) is 10.5. The molecule has 31 heavy (non-hydrogen) atoms. The average Bonchev–Trinajstić information content (AvgIpc) is 3.54. The fourth-order valence-electron chi connectivity index (χ4n) is 4.71. The number of thioether (sulfide) groups is 1. The molecule has 3 heterocycles. The number of nitrogens with zero attached hydrogens (tertiary/aromatic N) is 3. The van der Waals surface area contributed by atoms with Gasteiger partial charge in [-0.25, -0.2) is 8.42 Å². The van der Waals surface area contributed by atoms with Crippen LogP contribution in [0.25, 0.3) is 22.4 Å². The molecule has 0 bridgehead atoms. The van der Waals surface area contributed by atoms with E-state index < -0.39 is 9.84 Å². The minimum absolute atomic E-state index is 0.0501. The van der Waals surface area contributed by atoms with Gasteiger partial charge in [0.05, 0.1) is 22.8 Å². The van der Waals surface area contributed by atoms with Crippen molar-refractivity contribution in [2.24, 2.45) is 0 Å². The first-order valence-corrected chi connectivity index (χ1v) is 13.4. The molecular formula is C21H24N4O4S2. The van der Waals surface area contributed by atoms with E-state index in [0.29, 0.717) is 17.5 Å². The lowest BCUT2D eigenvalue weighted by Gasteiger charge is -2.34. The van der Waals surface area contributed by atoms with Gasteiger partial charge >= 0.3 is 0 Å². The zero-order chi connectivity index (χ0) is 21.4. The highest BCUT2D eigenvalue weighted by atomic mass is 32.2. The number of H-pyrrole nitrogens is 1. The molecule has 2 aromatic heterocycles. The number of nitrogens with one attached hydrogen (secondary N) is 1. The maximum atomic E-state index is 13.1. The molecule has 0 spiro atoms. The molecule has 1 saturated heterocycles. The van der Waals surface area contributed by atoms with Crippen LogP contribution in [0.4, 0.5) is 0 Å². The summed E-state index contributed by atoms with van der Waals surface area (Å²) in [4.78, 5) is 18.2. The van der Waals surface area contributed by atoms with Crippen molar-refractivity contribution in [2.45, 2.75) is 49.4 Å². The molecule has 0 unspecified atom stereocenters. The standard InChI is InChI=1S/C21H24N4O4S2/c26-19(25(14-5-1-2-6-14)15-9-10-31(27,28)13-15)12-30-21-24-23-20(29-21)17-11-22-18-8-4-3-7-16(17)18/h3-4,7-8,11,14-15,22H,1-2,5-6,9-10,12-13H2/t15-/m0/s1. The number of hydrogen-bond donors (Lipinski definition) is 1. The van der Waals surface area contributed by atoms with E-state index in [4.69, 9.17) is 4.42 Å². The van der Waals surface area contributed by atoms with Gasteiger partial charge in [0.1, 0.15) is 0 Å². The molecule has 3 aromatic rings. The third-order valence-corrected chi connectivity index (χ3v) is 8.71. The third kappa shape index (κ3) is 4.23. The lowest BCUT2D eigenvalue weighted by Crippen LogP contribution is -2.47. The molecule has 0 radical (unpaired) electrons. The van der Waals surface area contributed by atoms with Crippen LogP contribution in [0.3, 0.4) is 0 Å². The van der Waals surface area contributed by atoms with Crippen LogP contribution in [0.15, 0.2) is 40.1 Å². The van der Waals surface area contributed by atoms with Crippen molar-refractivity contribution in [1.82, 2.24) is 20.1 Å². The fraction of sp³-hybridized carbons (Fsp3) is 0.476. The lowest BCUT2D eigenvalue weighted by molar-refractivity contribution is -0.132. The molecule has 2 fully saturated rings. The third-order valence-electron chi connectivity index (χ3n) is 6.15. The van der Waals surface area contributed by atoms with Crippen LogP contribution in [0.5, 0.6) is 0 Å². The molecule has 10 heteroatoms. The van der Waals surface area contributed by atoms with Crippen molar-refractivity contribution < 1.29 is 17.6 Å². The minimum Gasteiger partial charge on any atom is -0.411 e. The Morgan fingerprint density at radius 2 is 1.97 bits per heavy atom. The van der Waals surface area contributed by atoms with Gasteiger partial charge in [-0.3, -0.25) is 4.79 Å². The summed E-state index contributed by atoms with van der Waals surface area (Å²) >= 11 is 1.21. The van der Waals surface area contributed by atoms with Crippen molar-refractivity contribution in [3.8, 4) is 11.5 Å². The molecule has 164 valence electrons. The number of sulfone groups is 1. The highest BCUT2D eigenvalue weighted by Crippen LogP contribution is 2.32. The summed E-state index contributed by atoms with van der Waals surface area (Å²) in [6, 6.07) is 7.78. The fourth-order valence-corrected chi connectivity index (χ4v) is 7.05. The largest absolute Gasteiger partial charge is 0.411 e. The molecule has 1 atom stereocenters. The summed E-state index contributed by atoms with van der Waals surface area (Å²) in [5.74, 6) is 0.750. The van der Waals surface area contributed by atoms with E-state index in [1.54, 1.807) is 0 Å². The van der Waals surface area contributed by atoms with Gasteiger partial charge in [0.25, 0.3) is 11.1 Å². The monoisotopic (exact) mass is 460 g/mol. The van der Waals surface area contributed by atoms with E-state index >= 15 is 0 Å². The Labute approximate surface area is 184 Å². The van der Waals surface area contributed by atoms with Gasteiger partial charge in [0.2, 0.25) is 5.91 Å². The first kappa shape index (κ1) is 20.6. The zero-order valence-corrected chi connectivity index (χ0v) is 18.6. The van der Waals surface area contributed by atoms with Crippen molar-refractivity contribution >= 4 is 38.4 Å². The highest BCUT2D eigenvalue weighted by molar-refractivity contribution is 7.99. The van der Waals surface area contributed by atoms with E-state index in [2.05, 4.69) is 15.2 Å². The summed E-state index contributed by atoms with van der Waals surface area (Å²) in [5, 5.41) is 9.56. The second-order valence-electron chi connectivity index (χ2n) is 8.21. The maximum Gasteiger partial charge on any atom is 0.277 e. The molecule has 1 aromatic carbocycles. The number of carbonyl (C=O) groups is 1. The highest BCUT2D eigenvalue weighted by Gasteiger charge is 2.39. The molecular weight excluding hydrogens is 436 g/mol. The Morgan fingerprint density at radius 3 is 2.74 bits per heavy atom. The summed E-state index contributed by atoms with van der Waals surface area (Å²) in [6.45, 7) is 0. The van der Waals surface area contributed by atoms with Gasteiger partial charge in [-0.1, -0.05) is 42.8 Å². The summed E-state index contributed by atoms with van der Waals surface area (Å²) in [7, 11) is -3.05. The normalized spacial score (nSPS) is 21.1. The first-order chi connectivity index (χ1) is 15.0. The number of aromatic amines is 1. The molecule has 1 aliphatic heterocycles. The van der Waals surface area contributed by atoms with E-state index in [-0.39, 0.29) is 35.2 Å². The Morgan fingerprint density at radius 1 is 1.16 bits per heavy atom. The number of aromatic nitrogens is 3. The molecule has 2 aliphatic rings. The molecule has 5 rings (SSSR count). The topological polar surface area (TPSA) is 109 Å². The van der Waals surface area contributed by atoms with E-state index in [0.717, 1.165) is 42.1 Å². The van der Waals surface area contributed by atoms with Gasteiger partial charge in [-0.2, -0.15) is 0 Å². The molecule has 1 amide bonds. The number of carbonyl (C=O) groups excluding carboxylic acids is 1. The zero-order valence-electron chi connectivity index (χ0n) is 17.0. The number of fused-ring (bicyclic) bond motifs is 1. The predicted molar refractivity (Wildman–Crippen MR) is 118 cm³/mol. The van der Waals surface area contributed by atoms with Crippen molar-refractivity contribution in [2.75, 3.05) is 17.3 Å². The lowest BCUT2D eigenvalue weighted by atomic mass is 10.1. The quantitative estimate of drug-likeness (QED) is 0.562. The Hall–Kier alpha value is -2.33. The average molecular weight is 461 g/mol. The summed E-state index contributed by atoms with van der Waals surface area (Å²) < 4.78 is 29.8. The summed E-state index contributed by atoms with van der Waals surface area (Å²) in [5.41, 5.74) is 1.81. The number of para-hydroxylation sites is 1. The second-order valence-corrected chi connectivity index (χ2v) is 11.4. The van der Waals surface area contributed by atoms with Crippen LogP contribution < -0.4 is 0 Å². The van der Waals surface area contributed by atoms with Crippen LogP contribution in [0.2, 0.25) is 0 Å². The number of hydrogen-bond acceptors (Lipinski definition) is 7. The minimum atomic E-state index is -3.05. The van der Waals surface area contributed by atoms with Gasteiger partial charge < -0.3 is 14.3 Å². The van der Waals surface area contributed by atoms with E-state index in [1.807, 2.05) is 35.4 Å². The predicted octanol–water partition coefficient (Wildman–Crippen LogP) is 3.27. The Bertz CT molecular complexity index is 1200. The maximum absolute atomic E-state index is 13.1. The van der Waals surface area contributed by atoms with Gasteiger partial charge in [0, 0.05) is 29.2 Å². The second kappa shape index (κ2) is 8.31. The van der Waals surface area contributed by atoms with E-state index in [1.165, 1.54) is 11.8 Å². The van der Waals surface area contributed by atoms with Crippen LogP contribution in [-0.2, 0) is 14.6 Å². The van der Waals surface area contributed by atoms with Crippen molar-refractivity contribution in [1.29, 1.82) is 0 Å². The molecule has 8 nitrogen and oxygen atoms in total. The van der Waals surface area contributed by atoms with Crippen molar-refractivity contribution in [3.05, 3.63) is 30.5 Å². The van der Waals surface area contributed by atoms with Gasteiger partial charge in [-0.05, 0) is 25.3 Å². The van der Waals surface area contributed by atoms with Crippen molar-refractivity contribution in [3.63, 3.8) is 0 Å². The smallest absolute Gasteiger partial charge is 0.277 e. The number of rotatable bonds is 6. The SMILES string of the molecule is O=C(CSc1nnc(-c2c[nH]c3ccccc23)o1)N(C1CCCC1)[C@H]1CCS(=O)(=O)C1. The van der Waals surface area contributed by atoms with Gasteiger partial charge in [-0.15, -0.1) is 10.2 Å². The van der Waals surface area contributed by atoms with Crippen LogP contribution in [-0.4, -0.2) is 63.7 Å². The Kier molecular flexibility index (Phi) is 5.51. The molecule has 1 aliphatic carbocycles. The number of benzene rings is 1. The van der Waals surface area contributed by atoms with Gasteiger partial charge in [0.15, 0.2) is 9.84 Å². The van der Waals surface area contributed by atoms with E-state index in [9.17, 15) is 13.2 Å². The Balaban J connectivity index is 1.29. The molecule has 1 N–H and O–H groups in total. The van der Waals surface area contributed by atoms with Crippen LogP contribution >= 0.6 is 11.8 Å². The summed E-state index contributed by atoms with van der Waals surface area (Å²) in [6.07, 6.45) is 6.41.